The van der Waals surface area contributed by atoms with Gasteiger partial charge in [-0.25, -0.2) is 9.37 Å². The summed E-state index contributed by atoms with van der Waals surface area (Å²) in [6.45, 7) is 7.66. The smallest absolute Gasteiger partial charge is 0.266 e. The van der Waals surface area contributed by atoms with Crippen molar-refractivity contribution in [3.63, 3.8) is 0 Å². The van der Waals surface area contributed by atoms with Crippen molar-refractivity contribution in [1.82, 2.24) is 9.55 Å². The van der Waals surface area contributed by atoms with Crippen LogP contribution in [-0.2, 0) is 4.79 Å². The number of para-hydroxylation sites is 2. The molecule has 0 saturated carbocycles. The van der Waals surface area contributed by atoms with E-state index in [9.17, 15) is 14.0 Å². The number of nitrogens with one attached hydrogen (secondary N) is 1. The number of aromatic nitrogens is 2. The number of hydrogen-bond acceptors (Lipinski definition) is 4. The number of halogens is 1. The minimum atomic E-state index is -0.587. The Kier molecular flexibility index (Phi) is 6.33. The van der Waals surface area contributed by atoms with Crippen LogP contribution in [0, 0.1) is 26.6 Å². The van der Waals surface area contributed by atoms with Gasteiger partial charge in [0.05, 0.1) is 21.8 Å². The minimum absolute atomic E-state index is 0.0982. The van der Waals surface area contributed by atoms with Crippen LogP contribution in [0.25, 0.3) is 16.6 Å². The molecule has 4 aromatic rings. The van der Waals surface area contributed by atoms with Crippen LogP contribution in [0.15, 0.2) is 70.6 Å². The van der Waals surface area contributed by atoms with Crippen molar-refractivity contribution in [2.75, 3.05) is 5.32 Å². The third kappa shape index (κ3) is 4.54. The first-order valence-corrected chi connectivity index (χ1v) is 11.5. The summed E-state index contributed by atoms with van der Waals surface area (Å²) in [5.41, 5.74) is 4.06. The molecule has 1 unspecified atom stereocenters. The largest absolute Gasteiger partial charge is 0.325 e. The standard InChI is InChI=1S/C26H24FN3O2S/c1-15-13-16(2)23(17(3)14-15)29-24(31)18(4)33-26-28-21-11-7-5-9-19(21)25(32)30(26)22-12-8-6-10-20(22)27/h5-14,18H,1-4H3,(H,29,31). The summed E-state index contributed by atoms with van der Waals surface area (Å²) in [4.78, 5) is 31.0. The van der Waals surface area contributed by atoms with Crippen molar-refractivity contribution in [3.8, 4) is 5.69 Å². The summed E-state index contributed by atoms with van der Waals surface area (Å²) < 4.78 is 15.9. The first-order chi connectivity index (χ1) is 15.8. The number of benzene rings is 3. The third-order valence-corrected chi connectivity index (χ3v) is 6.47. The van der Waals surface area contributed by atoms with Crippen LogP contribution in [-0.4, -0.2) is 20.7 Å². The van der Waals surface area contributed by atoms with Crippen LogP contribution in [0.3, 0.4) is 0 Å². The highest BCUT2D eigenvalue weighted by Crippen LogP contribution is 2.28. The van der Waals surface area contributed by atoms with Gasteiger partial charge in [0.25, 0.3) is 5.56 Å². The lowest BCUT2D eigenvalue weighted by Crippen LogP contribution is -2.27. The Labute approximate surface area is 195 Å². The normalized spacial score (nSPS) is 12.0. The molecule has 5 nitrogen and oxygen atoms in total. The fourth-order valence-corrected chi connectivity index (χ4v) is 4.77. The van der Waals surface area contributed by atoms with Crippen LogP contribution in [0.5, 0.6) is 0 Å². The van der Waals surface area contributed by atoms with Gasteiger partial charge in [0.1, 0.15) is 5.82 Å². The molecule has 0 aliphatic carbocycles. The number of rotatable bonds is 5. The number of carbonyl (C=O) groups excluding carboxylic acids is 1. The molecule has 0 spiro atoms. The van der Waals surface area contributed by atoms with E-state index in [1.54, 1.807) is 43.3 Å². The van der Waals surface area contributed by atoms with Crippen LogP contribution in [0.2, 0.25) is 0 Å². The first-order valence-electron chi connectivity index (χ1n) is 10.6. The average molecular weight is 462 g/mol. The van der Waals surface area contributed by atoms with Crippen molar-refractivity contribution in [2.45, 2.75) is 38.1 Å². The molecule has 1 heterocycles. The number of amides is 1. The van der Waals surface area contributed by atoms with Gasteiger partial charge in [-0.2, -0.15) is 0 Å². The van der Waals surface area contributed by atoms with Gasteiger partial charge in [-0.05, 0) is 63.1 Å². The molecular weight excluding hydrogens is 437 g/mol. The number of thioether (sulfide) groups is 1. The summed E-state index contributed by atoms with van der Waals surface area (Å²) in [7, 11) is 0. The van der Waals surface area contributed by atoms with Gasteiger partial charge in [-0.3, -0.25) is 14.2 Å². The highest BCUT2D eigenvalue weighted by molar-refractivity contribution is 8.00. The molecule has 168 valence electrons. The van der Waals surface area contributed by atoms with E-state index in [0.29, 0.717) is 10.9 Å². The first kappa shape index (κ1) is 22.7. The Morgan fingerprint density at radius 1 is 1.03 bits per heavy atom. The van der Waals surface area contributed by atoms with Gasteiger partial charge in [0, 0.05) is 5.69 Å². The Bertz CT molecular complexity index is 1410. The Morgan fingerprint density at radius 2 is 1.67 bits per heavy atom. The second-order valence-corrected chi connectivity index (χ2v) is 9.33. The van der Waals surface area contributed by atoms with Gasteiger partial charge >= 0.3 is 0 Å². The number of nitrogens with zero attached hydrogens (tertiary/aromatic N) is 2. The minimum Gasteiger partial charge on any atom is -0.325 e. The van der Waals surface area contributed by atoms with E-state index in [2.05, 4.69) is 10.3 Å². The molecule has 1 N–H and O–H groups in total. The number of hydrogen-bond donors (Lipinski definition) is 1. The van der Waals surface area contributed by atoms with Gasteiger partial charge in [-0.1, -0.05) is 53.7 Å². The van der Waals surface area contributed by atoms with E-state index in [4.69, 9.17) is 0 Å². The zero-order valence-corrected chi connectivity index (χ0v) is 19.7. The summed E-state index contributed by atoms with van der Waals surface area (Å²) in [6.07, 6.45) is 0. The Morgan fingerprint density at radius 3 is 2.36 bits per heavy atom. The predicted molar refractivity (Wildman–Crippen MR) is 132 cm³/mol. The highest BCUT2D eigenvalue weighted by atomic mass is 32.2. The fourth-order valence-electron chi connectivity index (χ4n) is 3.85. The van der Waals surface area contributed by atoms with Crippen LogP contribution in [0.4, 0.5) is 10.1 Å². The fraction of sp³-hybridized carbons (Fsp3) is 0.192. The number of fused-ring (bicyclic) bond motifs is 1. The lowest BCUT2D eigenvalue weighted by molar-refractivity contribution is -0.115. The molecular formula is C26H24FN3O2S. The Balaban J connectivity index is 1.74. The van der Waals surface area contributed by atoms with E-state index in [0.717, 1.165) is 34.1 Å². The van der Waals surface area contributed by atoms with Crippen LogP contribution in [0.1, 0.15) is 23.6 Å². The molecule has 7 heteroatoms. The summed E-state index contributed by atoms with van der Waals surface area (Å²) in [5, 5.41) is 3.05. The van der Waals surface area contributed by atoms with Crippen molar-refractivity contribution < 1.29 is 9.18 Å². The highest BCUT2D eigenvalue weighted by Gasteiger charge is 2.22. The molecule has 1 atom stereocenters. The second-order valence-electron chi connectivity index (χ2n) is 8.03. The second kappa shape index (κ2) is 9.19. The molecule has 0 aliphatic heterocycles. The molecule has 33 heavy (non-hydrogen) atoms. The molecule has 3 aromatic carbocycles. The van der Waals surface area contributed by atoms with Crippen molar-refractivity contribution >= 4 is 34.3 Å². The van der Waals surface area contributed by atoms with E-state index >= 15 is 0 Å². The molecule has 0 bridgehead atoms. The zero-order chi connectivity index (χ0) is 23.7. The molecule has 0 fully saturated rings. The van der Waals surface area contributed by atoms with E-state index in [1.165, 1.54) is 16.7 Å². The van der Waals surface area contributed by atoms with Gasteiger partial charge in [0.15, 0.2) is 5.16 Å². The van der Waals surface area contributed by atoms with Crippen LogP contribution >= 0.6 is 11.8 Å². The molecule has 4 rings (SSSR count). The maximum absolute atomic E-state index is 14.7. The lowest BCUT2D eigenvalue weighted by atomic mass is 10.1. The van der Waals surface area contributed by atoms with Crippen LogP contribution < -0.4 is 10.9 Å². The SMILES string of the molecule is Cc1cc(C)c(NC(=O)C(C)Sc2nc3ccccc3c(=O)n2-c2ccccc2F)c(C)c1. The van der Waals surface area contributed by atoms with Crippen molar-refractivity contribution in [1.29, 1.82) is 0 Å². The molecule has 0 saturated heterocycles. The van der Waals surface area contributed by atoms with E-state index in [1.807, 2.05) is 32.9 Å². The lowest BCUT2D eigenvalue weighted by Gasteiger charge is -2.18. The number of carbonyl (C=O) groups is 1. The van der Waals surface area contributed by atoms with E-state index < -0.39 is 11.1 Å². The van der Waals surface area contributed by atoms with Crippen molar-refractivity contribution in [3.05, 3.63) is 93.5 Å². The molecule has 1 amide bonds. The van der Waals surface area contributed by atoms with Crippen molar-refractivity contribution in [2.24, 2.45) is 0 Å². The Hall–Kier alpha value is -3.45. The molecule has 0 aliphatic rings. The topological polar surface area (TPSA) is 64.0 Å². The molecule has 1 aromatic heterocycles. The summed E-state index contributed by atoms with van der Waals surface area (Å²) in [5.74, 6) is -0.765. The van der Waals surface area contributed by atoms with Gasteiger partial charge in [0.2, 0.25) is 5.91 Å². The maximum atomic E-state index is 14.7. The van der Waals surface area contributed by atoms with Gasteiger partial charge < -0.3 is 5.32 Å². The third-order valence-electron chi connectivity index (χ3n) is 5.41. The quantitative estimate of drug-likeness (QED) is 0.312. The zero-order valence-electron chi connectivity index (χ0n) is 18.8. The number of anilines is 1. The monoisotopic (exact) mass is 461 g/mol. The summed E-state index contributed by atoms with van der Waals surface area (Å²) >= 11 is 1.12. The van der Waals surface area contributed by atoms with Gasteiger partial charge in [-0.15, -0.1) is 0 Å². The average Bonchev–Trinajstić information content (AvgIpc) is 2.77. The molecule has 0 radical (unpaired) electrons. The predicted octanol–water partition coefficient (Wildman–Crippen LogP) is 5.57. The maximum Gasteiger partial charge on any atom is 0.266 e. The van der Waals surface area contributed by atoms with E-state index in [-0.39, 0.29) is 22.3 Å². The number of aryl methyl sites for hydroxylation is 3. The summed E-state index contributed by atoms with van der Waals surface area (Å²) in [6, 6.07) is 17.0.